The molecular formula is C13H17N3O2S. The average Bonchev–Trinajstić information content (AvgIpc) is 2.96. The molecule has 3 rings (SSSR count). The molecule has 3 heterocycles. The number of hydrogen-bond donors (Lipinski definition) is 1. The molecule has 1 atom stereocenters. The van der Waals surface area contributed by atoms with Gasteiger partial charge in [-0.1, -0.05) is 0 Å². The quantitative estimate of drug-likeness (QED) is 0.911. The molecule has 6 heteroatoms. The van der Waals surface area contributed by atoms with Gasteiger partial charge < -0.3 is 5.11 Å². The van der Waals surface area contributed by atoms with Crippen molar-refractivity contribution in [1.82, 2.24) is 14.3 Å². The second-order valence-corrected chi connectivity index (χ2v) is 5.87. The minimum Gasteiger partial charge on any atom is -0.395 e. The number of aryl methyl sites for hydroxylation is 1. The molecule has 0 aliphatic carbocycles. The molecule has 1 N–H and O–H groups in total. The summed E-state index contributed by atoms with van der Waals surface area (Å²) < 4.78 is 1.64. The number of hydrogen-bond acceptors (Lipinski definition) is 5. The van der Waals surface area contributed by atoms with Crippen LogP contribution in [-0.2, 0) is 6.54 Å². The second-order valence-electron chi connectivity index (χ2n) is 5.03. The van der Waals surface area contributed by atoms with Crippen molar-refractivity contribution in [1.29, 1.82) is 0 Å². The normalized spacial score (nSPS) is 20.4. The lowest BCUT2D eigenvalue weighted by molar-refractivity contribution is 0.152. The Bertz CT molecular complexity index is 649. The predicted molar refractivity (Wildman–Crippen MR) is 74.6 cm³/mol. The Hall–Kier alpha value is -1.24. The number of thiazole rings is 1. The highest BCUT2D eigenvalue weighted by Gasteiger charge is 2.24. The summed E-state index contributed by atoms with van der Waals surface area (Å²) in [6.45, 7) is 3.71. The molecule has 0 spiro atoms. The van der Waals surface area contributed by atoms with Crippen molar-refractivity contribution in [3.8, 4) is 0 Å². The third-order valence-electron chi connectivity index (χ3n) is 3.70. The van der Waals surface area contributed by atoms with Crippen molar-refractivity contribution in [2.45, 2.75) is 32.4 Å². The highest BCUT2D eigenvalue weighted by Crippen LogP contribution is 2.19. The number of fused-ring (bicyclic) bond motifs is 1. The summed E-state index contributed by atoms with van der Waals surface area (Å²) in [5.74, 6) is 0. The van der Waals surface area contributed by atoms with Gasteiger partial charge in [-0.25, -0.2) is 4.98 Å². The fourth-order valence-electron chi connectivity index (χ4n) is 2.70. The van der Waals surface area contributed by atoms with Crippen molar-refractivity contribution in [3.63, 3.8) is 0 Å². The Labute approximate surface area is 115 Å². The maximum absolute atomic E-state index is 12.1. The van der Waals surface area contributed by atoms with E-state index in [-0.39, 0.29) is 18.2 Å². The van der Waals surface area contributed by atoms with Crippen molar-refractivity contribution in [2.75, 3.05) is 13.2 Å². The van der Waals surface area contributed by atoms with E-state index in [1.807, 2.05) is 12.3 Å². The van der Waals surface area contributed by atoms with Crippen molar-refractivity contribution >= 4 is 16.3 Å². The maximum Gasteiger partial charge on any atom is 0.259 e. The Morgan fingerprint density at radius 1 is 1.58 bits per heavy atom. The van der Waals surface area contributed by atoms with Gasteiger partial charge >= 0.3 is 0 Å². The van der Waals surface area contributed by atoms with Crippen LogP contribution >= 0.6 is 11.3 Å². The van der Waals surface area contributed by atoms with E-state index in [1.54, 1.807) is 10.5 Å². The smallest absolute Gasteiger partial charge is 0.259 e. The van der Waals surface area contributed by atoms with Crippen LogP contribution in [0.1, 0.15) is 24.2 Å². The molecule has 2 aromatic rings. The summed E-state index contributed by atoms with van der Waals surface area (Å²) in [6, 6.07) is 1.82. The largest absolute Gasteiger partial charge is 0.395 e. The minimum atomic E-state index is -0.0153. The molecule has 1 saturated heterocycles. The highest BCUT2D eigenvalue weighted by atomic mass is 32.1. The van der Waals surface area contributed by atoms with Crippen LogP contribution in [0, 0.1) is 6.92 Å². The van der Waals surface area contributed by atoms with Gasteiger partial charge in [0.25, 0.3) is 5.56 Å². The van der Waals surface area contributed by atoms with Crippen molar-refractivity contribution in [3.05, 3.63) is 33.2 Å². The first kappa shape index (κ1) is 12.8. The van der Waals surface area contributed by atoms with Gasteiger partial charge in [0.15, 0.2) is 4.96 Å². The van der Waals surface area contributed by atoms with Crippen molar-refractivity contribution in [2.24, 2.45) is 0 Å². The zero-order valence-corrected chi connectivity index (χ0v) is 11.7. The van der Waals surface area contributed by atoms with Crippen LogP contribution in [-0.4, -0.2) is 38.6 Å². The number of likely N-dealkylation sites (tertiary alicyclic amines) is 1. The van der Waals surface area contributed by atoms with Gasteiger partial charge in [-0.3, -0.25) is 14.1 Å². The molecular weight excluding hydrogens is 262 g/mol. The van der Waals surface area contributed by atoms with E-state index in [0.717, 1.165) is 35.7 Å². The first-order valence-corrected chi connectivity index (χ1v) is 7.38. The number of aromatic nitrogens is 2. The molecule has 102 valence electrons. The van der Waals surface area contributed by atoms with Gasteiger partial charge in [0.1, 0.15) is 0 Å². The van der Waals surface area contributed by atoms with Gasteiger partial charge in [-0.2, -0.15) is 0 Å². The minimum absolute atomic E-state index is 0.0153. The molecule has 0 unspecified atom stereocenters. The van der Waals surface area contributed by atoms with Gasteiger partial charge in [-0.05, 0) is 26.3 Å². The lowest BCUT2D eigenvalue weighted by Gasteiger charge is -2.21. The predicted octanol–water partition coefficient (Wildman–Crippen LogP) is 1.02. The Morgan fingerprint density at radius 2 is 2.42 bits per heavy atom. The molecule has 5 nitrogen and oxygen atoms in total. The summed E-state index contributed by atoms with van der Waals surface area (Å²) in [5.41, 5.74) is 1.71. The molecule has 2 aromatic heterocycles. The number of rotatable bonds is 3. The third kappa shape index (κ3) is 2.31. The fraction of sp³-hybridized carbons (Fsp3) is 0.538. The number of aliphatic hydroxyl groups excluding tert-OH is 1. The first-order chi connectivity index (χ1) is 9.19. The number of nitrogens with zero attached hydrogens (tertiary/aromatic N) is 3. The Balaban J connectivity index is 1.91. The Morgan fingerprint density at radius 3 is 3.21 bits per heavy atom. The summed E-state index contributed by atoms with van der Waals surface area (Å²) in [4.78, 5) is 19.6. The molecule has 1 aliphatic rings. The van der Waals surface area contributed by atoms with Crippen LogP contribution in [0.25, 0.3) is 4.96 Å². The summed E-state index contributed by atoms with van der Waals surface area (Å²) in [7, 11) is 0. The van der Waals surface area contributed by atoms with Crippen LogP contribution in [0.5, 0.6) is 0 Å². The van der Waals surface area contributed by atoms with E-state index in [0.29, 0.717) is 6.54 Å². The zero-order chi connectivity index (χ0) is 13.4. The van der Waals surface area contributed by atoms with Crippen LogP contribution in [0.3, 0.4) is 0 Å². The summed E-state index contributed by atoms with van der Waals surface area (Å²) in [6.07, 6.45) is 2.13. The van der Waals surface area contributed by atoms with Gasteiger partial charge in [-0.15, -0.1) is 11.3 Å². The lowest BCUT2D eigenvalue weighted by Crippen LogP contribution is -2.32. The van der Waals surface area contributed by atoms with E-state index in [9.17, 15) is 9.90 Å². The molecule has 0 aromatic carbocycles. The second kappa shape index (κ2) is 5.03. The topological polar surface area (TPSA) is 57.8 Å². The van der Waals surface area contributed by atoms with E-state index < -0.39 is 0 Å². The summed E-state index contributed by atoms with van der Waals surface area (Å²) >= 11 is 1.49. The third-order valence-corrected chi connectivity index (χ3v) is 4.65. The van der Waals surface area contributed by atoms with Gasteiger partial charge in [0.05, 0.1) is 12.3 Å². The summed E-state index contributed by atoms with van der Waals surface area (Å²) in [5, 5.41) is 11.3. The fourth-order valence-corrected chi connectivity index (χ4v) is 3.59. The molecule has 19 heavy (non-hydrogen) atoms. The molecule has 0 amide bonds. The zero-order valence-electron chi connectivity index (χ0n) is 10.9. The standard InChI is InChI=1S/C13H17N3O2S/c1-9-8-19-13-14-10(5-12(18)16(9)13)6-15-4-2-3-11(15)7-17/h5,8,11,17H,2-4,6-7H2,1H3/t11-/m0/s1. The molecule has 1 aliphatic heterocycles. The van der Waals surface area contributed by atoms with E-state index >= 15 is 0 Å². The molecule has 1 fully saturated rings. The Kier molecular flexibility index (Phi) is 3.38. The van der Waals surface area contributed by atoms with Crippen LogP contribution in [0.4, 0.5) is 0 Å². The van der Waals surface area contributed by atoms with E-state index in [2.05, 4.69) is 9.88 Å². The van der Waals surface area contributed by atoms with Gasteiger partial charge in [0, 0.05) is 29.7 Å². The van der Waals surface area contributed by atoms with Gasteiger partial charge in [0.2, 0.25) is 0 Å². The SMILES string of the molecule is Cc1csc2nc(CN3CCC[C@H]3CO)cc(=O)n12. The maximum atomic E-state index is 12.1. The van der Waals surface area contributed by atoms with Crippen LogP contribution in [0.2, 0.25) is 0 Å². The molecule has 0 bridgehead atoms. The van der Waals surface area contributed by atoms with E-state index in [1.165, 1.54) is 11.3 Å². The molecule has 0 radical (unpaired) electrons. The highest BCUT2D eigenvalue weighted by molar-refractivity contribution is 7.15. The van der Waals surface area contributed by atoms with Crippen LogP contribution in [0.15, 0.2) is 16.2 Å². The average molecular weight is 279 g/mol. The van der Waals surface area contributed by atoms with Crippen LogP contribution < -0.4 is 5.56 Å². The van der Waals surface area contributed by atoms with E-state index in [4.69, 9.17) is 0 Å². The number of aliphatic hydroxyl groups is 1. The first-order valence-electron chi connectivity index (χ1n) is 6.50. The monoisotopic (exact) mass is 279 g/mol. The lowest BCUT2D eigenvalue weighted by atomic mass is 10.2. The van der Waals surface area contributed by atoms with Crippen molar-refractivity contribution < 1.29 is 5.11 Å². The molecule has 0 saturated carbocycles.